The van der Waals surface area contributed by atoms with Crippen molar-refractivity contribution in [3.05, 3.63) is 27.1 Å². The molecule has 12 heteroatoms. The number of carbonyl (C=O) groups excluding carboxylic acids is 1. The molecule has 0 aliphatic heterocycles. The summed E-state index contributed by atoms with van der Waals surface area (Å²) in [7, 11) is 1.71. The molecule has 1 heterocycles. The molecule has 0 aromatic carbocycles. The van der Waals surface area contributed by atoms with Crippen LogP contribution in [0.25, 0.3) is 0 Å². The number of nitrogens with zero attached hydrogens (tertiary/aromatic N) is 1. The van der Waals surface area contributed by atoms with Crippen molar-refractivity contribution >= 4 is 27.8 Å². The van der Waals surface area contributed by atoms with E-state index in [1.165, 1.54) is 10.6 Å². The molecule has 170 valence electrons. The van der Waals surface area contributed by atoms with E-state index in [0.29, 0.717) is 12.3 Å². The first-order valence-electron chi connectivity index (χ1n) is 9.27. The van der Waals surface area contributed by atoms with Crippen molar-refractivity contribution in [2.45, 2.75) is 50.9 Å². The van der Waals surface area contributed by atoms with E-state index in [9.17, 15) is 22.8 Å². The Labute approximate surface area is 179 Å². The molecule has 30 heavy (non-hydrogen) atoms. The monoisotopic (exact) mass is 499 g/mol. The number of carbonyl (C=O) groups is 2. The molecular formula is C18H25BrF3N3O5. The Morgan fingerprint density at radius 1 is 1.30 bits per heavy atom. The largest absolute Gasteiger partial charge is 0.490 e. The summed E-state index contributed by atoms with van der Waals surface area (Å²) >= 11 is 3.43. The summed E-state index contributed by atoms with van der Waals surface area (Å²) in [6.45, 7) is 3.14. The Morgan fingerprint density at radius 2 is 1.87 bits per heavy atom. The molecule has 1 saturated carbocycles. The number of halogens is 4. The summed E-state index contributed by atoms with van der Waals surface area (Å²) in [5, 5.41) is 13.2. The number of amides is 1. The van der Waals surface area contributed by atoms with Gasteiger partial charge in [-0.3, -0.25) is 9.59 Å². The first kappa shape index (κ1) is 26.0. The van der Waals surface area contributed by atoms with Crippen molar-refractivity contribution in [1.82, 2.24) is 15.2 Å². The molecule has 1 aliphatic rings. The van der Waals surface area contributed by atoms with E-state index in [2.05, 4.69) is 26.6 Å². The molecule has 0 bridgehead atoms. The van der Waals surface area contributed by atoms with Gasteiger partial charge in [-0.1, -0.05) is 6.92 Å². The standard InChI is InChI=1S/C16H24BrN3O3.C2HF3O2/c1-3-18-9-15(21)19-11-4-6-12(7-5-11)23-14-8-16(22)20(2)10-13(14)17;3-2(4,5)1(6)7/h8,10-12,18H,3-7,9H2,1-2H3,(H,19,21);(H,6,7)/t11-,12-;. The lowest BCUT2D eigenvalue weighted by Crippen LogP contribution is -2.43. The van der Waals surface area contributed by atoms with Crippen LogP contribution in [-0.4, -0.2) is 53.0 Å². The van der Waals surface area contributed by atoms with Gasteiger partial charge in [-0.15, -0.1) is 0 Å². The summed E-state index contributed by atoms with van der Waals surface area (Å²) in [6.07, 6.45) is 0.238. The number of carboxylic acid groups (broad SMARTS) is 1. The van der Waals surface area contributed by atoms with E-state index in [-0.39, 0.29) is 23.6 Å². The fourth-order valence-electron chi connectivity index (χ4n) is 2.69. The normalized spacial score (nSPS) is 18.7. The van der Waals surface area contributed by atoms with Crippen molar-refractivity contribution < 1.29 is 32.6 Å². The number of aryl methyl sites for hydroxylation is 1. The zero-order chi connectivity index (χ0) is 22.9. The van der Waals surface area contributed by atoms with Crippen LogP contribution in [0.2, 0.25) is 0 Å². The average molecular weight is 500 g/mol. The van der Waals surface area contributed by atoms with Crippen LogP contribution in [-0.2, 0) is 16.6 Å². The second-order valence-electron chi connectivity index (χ2n) is 6.68. The number of carboxylic acids is 1. The van der Waals surface area contributed by atoms with E-state index in [1.807, 2.05) is 6.92 Å². The topological polar surface area (TPSA) is 110 Å². The highest BCUT2D eigenvalue weighted by Gasteiger charge is 2.38. The average Bonchev–Trinajstić information content (AvgIpc) is 2.65. The minimum absolute atomic E-state index is 0.0468. The van der Waals surface area contributed by atoms with Gasteiger partial charge in [0.15, 0.2) is 0 Å². The highest BCUT2D eigenvalue weighted by Crippen LogP contribution is 2.28. The van der Waals surface area contributed by atoms with Crippen LogP contribution in [0, 0.1) is 0 Å². The van der Waals surface area contributed by atoms with Crippen molar-refractivity contribution in [3.8, 4) is 5.75 Å². The first-order chi connectivity index (χ1) is 13.9. The number of ether oxygens (including phenoxy) is 1. The second kappa shape index (κ2) is 11.9. The number of pyridine rings is 1. The fraction of sp³-hybridized carbons (Fsp3) is 0.611. The molecule has 1 aliphatic carbocycles. The maximum absolute atomic E-state index is 11.7. The summed E-state index contributed by atoms with van der Waals surface area (Å²) in [5.74, 6) is -2.12. The molecule has 0 unspecified atom stereocenters. The van der Waals surface area contributed by atoms with Crippen LogP contribution in [0.3, 0.4) is 0 Å². The Hall–Kier alpha value is -2.08. The number of alkyl halides is 3. The van der Waals surface area contributed by atoms with Gasteiger partial charge in [0.2, 0.25) is 5.91 Å². The maximum atomic E-state index is 11.7. The molecule has 1 fully saturated rings. The number of hydrogen-bond donors (Lipinski definition) is 3. The summed E-state index contributed by atoms with van der Waals surface area (Å²) in [4.78, 5) is 32.3. The second-order valence-corrected chi connectivity index (χ2v) is 7.53. The summed E-state index contributed by atoms with van der Waals surface area (Å²) in [5.41, 5.74) is -0.0902. The van der Waals surface area contributed by atoms with Crippen LogP contribution in [0.4, 0.5) is 13.2 Å². The summed E-state index contributed by atoms with van der Waals surface area (Å²) in [6, 6.07) is 1.72. The molecule has 1 aromatic heterocycles. The predicted octanol–water partition coefficient (Wildman–Crippen LogP) is 2.20. The number of rotatable bonds is 6. The summed E-state index contributed by atoms with van der Waals surface area (Å²) < 4.78 is 40.0. The van der Waals surface area contributed by atoms with Crippen molar-refractivity contribution in [3.63, 3.8) is 0 Å². The predicted molar refractivity (Wildman–Crippen MR) is 106 cm³/mol. The fourth-order valence-corrected chi connectivity index (χ4v) is 3.21. The smallest absolute Gasteiger partial charge is 0.489 e. The van der Waals surface area contributed by atoms with E-state index in [1.54, 1.807) is 13.2 Å². The minimum atomic E-state index is -5.08. The zero-order valence-corrected chi connectivity index (χ0v) is 18.2. The van der Waals surface area contributed by atoms with E-state index >= 15 is 0 Å². The van der Waals surface area contributed by atoms with Gasteiger partial charge in [-0.25, -0.2) is 4.79 Å². The van der Waals surface area contributed by atoms with Gasteiger partial charge in [0.05, 0.1) is 17.1 Å². The molecular weight excluding hydrogens is 475 g/mol. The SMILES string of the molecule is CCNCC(=O)N[C@H]1CC[C@H](Oc2cc(=O)n(C)cc2Br)CC1.O=C(O)C(F)(F)F. The molecule has 0 radical (unpaired) electrons. The van der Waals surface area contributed by atoms with Gasteiger partial charge >= 0.3 is 12.1 Å². The van der Waals surface area contributed by atoms with Crippen molar-refractivity contribution in [2.75, 3.05) is 13.1 Å². The number of likely N-dealkylation sites (N-methyl/N-ethyl adjacent to an activating group) is 1. The zero-order valence-electron chi connectivity index (χ0n) is 16.6. The van der Waals surface area contributed by atoms with E-state index < -0.39 is 12.1 Å². The third kappa shape index (κ3) is 9.16. The van der Waals surface area contributed by atoms with Gasteiger partial charge in [-0.2, -0.15) is 13.2 Å². The molecule has 1 amide bonds. The first-order valence-corrected chi connectivity index (χ1v) is 10.1. The number of nitrogens with one attached hydrogen (secondary N) is 2. The Balaban J connectivity index is 0.000000553. The Morgan fingerprint density at radius 3 is 2.37 bits per heavy atom. The van der Waals surface area contributed by atoms with Crippen LogP contribution >= 0.6 is 15.9 Å². The van der Waals surface area contributed by atoms with Gasteiger partial charge in [0.1, 0.15) is 5.75 Å². The quantitative estimate of drug-likeness (QED) is 0.553. The molecule has 8 nitrogen and oxygen atoms in total. The Bertz CT molecular complexity index is 777. The number of hydrogen-bond acceptors (Lipinski definition) is 5. The van der Waals surface area contributed by atoms with Crippen LogP contribution in [0.1, 0.15) is 32.6 Å². The molecule has 0 saturated heterocycles. The molecule has 2 rings (SSSR count). The van der Waals surface area contributed by atoms with Crippen molar-refractivity contribution in [2.24, 2.45) is 7.05 Å². The molecule has 1 aromatic rings. The highest BCUT2D eigenvalue weighted by atomic mass is 79.9. The van der Waals surface area contributed by atoms with Gasteiger partial charge in [0, 0.05) is 25.4 Å². The van der Waals surface area contributed by atoms with Gasteiger partial charge in [-0.05, 0) is 48.2 Å². The third-order valence-electron chi connectivity index (χ3n) is 4.26. The minimum Gasteiger partial charge on any atom is -0.489 e. The Kier molecular flexibility index (Phi) is 10.3. The number of aliphatic carboxylic acids is 1. The lowest BCUT2D eigenvalue weighted by molar-refractivity contribution is -0.192. The van der Waals surface area contributed by atoms with Crippen LogP contribution < -0.4 is 20.9 Å². The lowest BCUT2D eigenvalue weighted by atomic mass is 9.93. The third-order valence-corrected chi connectivity index (χ3v) is 4.85. The van der Waals surface area contributed by atoms with Crippen molar-refractivity contribution in [1.29, 1.82) is 0 Å². The molecule has 3 N–H and O–H groups in total. The maximum Gasteiger partial charge on any atom is 0.490 e. The van der Waals surface area contributed by atoms with E-state index in [0.717, 1.165) is 36.7 Å². The number of aromatic nitrogens is 1. The highest BCUT2D eigenvalue weighted by molar-refractivity contribution is 9.10. The van der Waals surface area contributed by atoms with Crippen LogP contribution in [0.15, 0.2) is 21.5 Å². The van der Waals surface area contributed by atoms with Gasteiger partial charge < -0.3 is 25.0 Å². The van der Waals surface area contributed by atoms with E-state index in [4.69, 9.17) is 14.6 Å². The van der Waals surface area contributed by atoms with Crippen LogP contribution in [0.5, 0.6) is 5.75 Å². The lowest BCUT2D eigenvalue weighted by Gasteiger charge is -2.29. The molecule has 0 spiro atoms. The van der Waals surface area contributed by atoms with Gasteiger partial charge in [0.25, 0.3) is 5.56 Å². The molecule has 0 atom stereocenters.